The van der Waals surface area contributed by atoms with E-state index in [-0.39, 0.29) is 0 Å². The minimum atomic E-state index is -0.399. The summed E-state index contributed by atoms with van der Waals surface area (Å²) in [6, 6.07) is 0.624. The highest BCUT2D eigenvalue weighted by molar-refractivity contribution is 4.86. The lowest BCUT2D eigenvalue weighted by atomic mass is 10.0. The largest absolute Gasteiger partial charge is 0.389 e. The van der Waals surface area contributed by atoms with E-state index in [1.165, 1.54) is 12.8 Å². The van der Waals surface area contributed by atoms with Gasteiger partial charge in [-0.25, -0.2) is 0 Å². The van der Waals surface area contributed by atoms with Crippen LogP contribution < -0.4 is 5.32 Å². The van der Waals surface area contributed by atoms with E-state index in [0.29, 0.717) is 6.04 Å². The number of hydrogen-bond acceptors (Lipinski definition) is 3. The van der Waals surface area contributed by atoms with Gasteiger partial charge in [-0.2, -0.15) is 0 Å². The van der Waals surface area contributed by atoms with Gasteiger partial charge in [0.05, 0.1) is 5.60 Å². The van der Waals surface area contributed by atoms with Gasteiger partial charge in [0, 0.05) is 12.6 Å². The van der Waals surface area contributed by atoms with Crippen molar-refractivity contribution in [2.75, 3.05) is 26.7 Å². The molecule has 96 valence electrons. The Balaban J connectivity index is 1.99. The maximum atomic E-state index is 10.1. The van der Waals surface area contributed by atoms with Crippen molar-refractivity contribution in [3.05, 3.63) is 0 Å². The van der Waals surface area contributed by atoms with Crippen molar-refractivity contribution in [1.29, 1.82) is 0 Å². The van der Waals surface area contributed by atoms with E-state index in [0.717, 1.165) is 38.9 Å². The van der Waals surface area contributed by atoms with Crippen LogP contribution in [0.25, 0.3) is 0 Å². The Morgan fingerprint density at radius 3 is 2.50 bits per heavy atom. The Morgan fingerprint density at radius 2 is 1.94 bits per heavy atom. The number of nitrogens with one attached hydrogen (secondary N) is 1. The van der Waals surface area contributed by atoms with E-state index < -0.39 is 5.60 Å². The third-order valence-electron chi connectivity index (χ3n) is 3.73. The molecule has 3 heteroatoms. The van der Waals surface area contributed by atoms with E-state index in [1.54, 1.807) is 0 Å². The monoisotopic (exact) mass is 228 g/mol. The number of aliphatic hydroxyl groups is 1. The molecule has 0 radical (unpaired) electrons. The highest BCUT2D eigenvalue weighted by Crippen LogP contribution is 2.28. The topological polar surface area (TPSA) is 35.5 Å². The van der Waals surface area contributed by atoms with E-state index >= 15 is 0 Å². The molecule has 1 fully saturated rings. The SMILES string of the molecule is CC(C)N(C)CCCNCC1(O)CCCC1. The zero-order valence-corrected chi connectivity index (χ0v) is 11.1. The van der Waals surface area contributed by atoms with Crippen LogP contribution in [0.3, 0.4) is 0 Å². The summed E-state index contributed by atoms with van der Waals surface area (Å²) in [7, 11) is 2.16. The van der Waals surface area contributed by atoms with Crippen molar-refractivity contribution in [2.45, 2.75) is 57.6 Å². The molecule has 0 unspecified atom stereocenters. The van der Waals surface area contributed by atoms with Crippen LogP contribution in [0.2, 0.25) is 0 Å². The second kappa shape index (κ2) is 6.58. The summed E-state index contributed by atoms with van der Waals surface area (Å²) >= 11 is 0. The second-order valence-corrected chi connectivity index (χ2v) is 5.54. The fourth-order valence-electron chi connectivity index (χ4n) is 2.24. The third-order valence-corrected chi connectivity index (χ3v) is 3.73. The third kappa shape index (κ3) is 4.81. The molecule has 1 rings (SSSR count). The summed E-state index contributed by atoms with van der Waals surface area (Å²) in [5.41, 5.74) is -0.399. The molecule has 0 atom stereocenters. The van der Waals surface area contributed by atoms with Gasteiger partial charge in [0.1, 0.15) is 0 Å². The van der Waals surface area contributed by atoms with Crippen LogP contribution in [0.1, 0.15) is 46.0 Å². The van der Waals surface area contributed by atoms with E-state index in [1.807, 2.05) is 0 Å². The smallest absolute Gasteiger partial charge is 0.0771 e. The molecule has 1 saturated carbocycles. The molecule has 1 aliphatic rings. The molecule has 16 heavy (non-hydrogen) atoms. The van der Waals surface area contributed by atoms with Crippen LogP contribution in [0.5, 0.6) is 0 Å². The summed E-state index contributed by atoms with van der Waals surface area (Å²) in [5.74, 6) is 0. The van der Waals surface area contributed by atoms with Gasteiger partial charge >= 0.3 is 0 Å². The van der Waals surface area contributed by atoms with Crippen molar-refractivity contribution in [2.24, 2.45) is 0 Å². The van der Waals surface area contributed by atoms with Crippen LogP contribution in [-0.2, 0) is 0 Å². The second-order valence-electron chi connectivity index (χ2n) is 5.54. The van der Waals surface area contributed by atoms with Crippen molar-refractivity contribution < 1.29 is 5.11 Å². The molecule has 1 aliphatic carbocycles. The van der Waals surface area contributed by atoms with Crippen molar-refractivity contribution >= 4 is 0 Å². The summed E-state index contributed by atoms with van der Waals surface area (Å²) < 4.78 is 0. The van der Waals surface area contributed by atoms with Gasteiger partial charge in [-0.05, 0) is 53.2 Å². The molecular formula is C13H28N2O. The maximum Gasteiger partial charge on any atom is 0.0771 e. The number of rotatable bonds is 7. The predicted molar refractivity (Wildman–Crippen MR) is 68.7 cm³/mol. The summed E-state index contributed by atoms with van der Waals surface area (Å²) in [4.78, 5) is 2.35. The minimum Gasteiger partial charge on any atom is -0.389 e. The summed E-state index contributed by atoms with van der Waals surface area (Å²) in [5, 5.41) is 13.5. The average Bonchev–Trinajstić information content (AvgIpc) is 2.64. The molecule has 0 spiro atoms. The lowest BCUT2D eigenvalue weighted by Gasteiger charge is -2.24. The normalized spacial score (nSPS) is 19.9. The zero-order chi connectivity index (χ0) is 12.0. The Bertz CT molecular complexity index is 188. The Hall–Kier alpha value is -0.120. The van der Waals surface area contributed by atoms with Crippen LogP contribution in [0, 0.1) is 0 Å². The predicted octanol–water partition coefficient (Wildman–Crippen LogP) is 1.61. The first-order valence-electron chi connectivity index (χ1n) is 6.67. The molecule has 0 heterocycles. The molecule has 0 aromatic carbocycles. The molecule has 0 bridgehead atoms. The van der Waals surface area contributed by atoms with Gasteiger partial charge in [0.2, 0.25) is 0 Å². The first-order chi connectivity index (χ1) is 7.53. The molecule has 3 nitrogen and oxygen atoms in total. The van der Waals surface area contributed by atoms with Crippen LogP contribution in [0.4, 0.5) is 0 Å². The number of nitrogens with zero attached hydrogens (tertiary/aromatic N) is 1. The Labute approximate surface area is 100 Å². The van der Waals surface area contributed by atoms with Gasteiger partial charge in [0.25, 0.3) is 0 Å². The first-order valence-corrected chi connectivity index (χ1v) is 6.67. The van der Waals surface area contributed by atoms with Crippen molar-refractivity contribution in [1.82, 2.24) is 10.2 Å². The van der Waals surface area contributed by atoms with Gasteiger partial charge in [0.15, 0.2) is 0 Å². The van der Waals surface area contributed by atoms with Gasteiger partial charge < -0.3 is 15.3 Å². The molecule has 0 saturated heterocycles. The first kappa shape index (κ1) is 13.9. The fraction of sp³-hybridized carbons (Fsp3) is 1.00. The fourth-order valence-corrected chi connectivity index (χ4v) is 2.24. The summed E-state index contributed by atoms with van der Waals surface area (Å²) in [6.07, 6.45) is 5.49. The lowest BCUT2D eigenvalue weighted by Crippen LogP contribution is -2.39. The molecule has 0 amide bonds. The van der Waals surface area contributed by atoms with Crippen LogP contribution in [0.15, 0.2) is 0 Å². The molecule has 2 N–H and O–H groups in total. The standard InChI is InChI=1S/C13H28N2O/c1-12(2)15(3)10-6-9-14-11-13(16)7-4-5-8-13/h12,14,16H,4-11H2,1-3H3. The highest BCUT2D eigenvalue weighted by atomic mass is 16.3. The van der Waals surface area contributed by atoms with Gasteiger partial charge in [-0.3, -0.25) is 0 Å². The summed E-state index contributed by atoms with van der Waals surface area (Å²) in [6.45, 7) is 7.35. The number of hydrogen-bond donors (Lipinski definition) is 2. The van der Waals surface area contributed by atoms with Crippen LogP contribution in [-0.4, -0.2) is 48.3 Å². The maximum absolute atomic E-state index is 10.1. The zero-order valence-electron chi connectivity index (χ0n) is 11.1. The molecular weight excluding hydrogens is 200 g/mol. The van der Waals surface area contributed by atoms with Crippen molar-refractivity contribution in [3.8, 4) is 0 Å². The minimum absolute atomic E-state index is 0.399. The van der Waals surface area contributed by atoms with Crippen molar-refractivity contribution in [3.63, 3.8) is 0 Å². The molecule has 0 aliphatic heterocycles. The van der Waals surface area contributed by atoms with E-state index in [4.69, 9.17) is 0 Å². The van der Waals surface area contributed by atoms with E-state index in [2.05, 4.69) is 31.1 Å². The Kier molecular flexibility index (Phi) is 5.73. The highest BCUT2D eigenvalue weighted by Gasteiger charge is 2.30. The quantitative estimate of drug-likeness (QED) is 0.650. The molecule has 0 aromatic rings. The van der Waals surface area contributed by atoms with E-state index in [9.17, 15) is 5.11 Å². The molecule has 0 aromatic heterocycles. The van der Waals surface area contributed by atoms with Crippen LogP contribution >= 0.6 is 0 Å². The Morgan fingerprint density at radius 1 is 1.31 bits per heavy atom. The average molecular weight is 228 g/mol. The van der Waals surface area contributed by atoms with Gasteiger partial charge in [-0.15, -0.1) is 0 Å². The lowest BCUT2D eigenvalue weighted by molar-refractivity contribution is 0.0477. The van der Waals surface area contributed by atoms with Gasteiger partial charge in [-0.1, -0.05) is 12.8 Å².